The maximum Gasteiger partial charge on any atom is 0.457 e. The Morgan fingerprint density at radius 1 is 1.43 bits per heavy atom. The van der Waals surface area contributed by atoms with Crippen LogP contribution in [0.4, 0.5) is 0 Å². The van der Waals surface area contributed by atoms with Crippen LogP contribution in [0.1, 0.15) is 18.1 Å². The van der Waals surface area contributed by atoms with Crippen molar-refractivity contribution in [3.05, 3.63) is 34.9 Å². The standard InChI is InChI=1S/C13H19ClN5O3P/c1-19(2)13(16)17-12(15)18-23(20)21-7-6-11(22-23)9-4-3-5-10(14)8-9/h3-5,8,11H,6-7H2,1-2H3,(H4,15,16,17,18,20). The number of nitrogens with zero attached hydrogens (tertiary/aromatic N) is 3. The van der Waals surface area contributed by atoms with E-state index in [1.165, 1.54) is 4.90 Å². The molecule has 0 radical (unpaired) electrons. The number of hydrogen-bond donors (Lipinski definition) is 2. The van der Waals surface area contributed by atoms with E-state index >= 15 is 0 Å². The average Bonchev–Trinajstić information content (AvgIpc) is 2.46. The van der Waals surface area contributed by atoms with Gasteiger partial charge in [-0.05, 0) is 17.7 Å². The predicted molar refractivity (Wildman–Crippen MR) is 90.4 cm³/mol. The van der Waals surface area contributed by atoms with E-state index in [1.807, 2.05) is 6.07 Å². The van der Waals surface area contributed by atoms with E-state index in [-0.39, 0.29) is 18.5 Å². The van der Waals surface area contributed by atoms with Crippen LogP contribution in [0.5, 0.6) is 0 Å². The molecule has 0 amide bonds. The molecule has 23 heavy (non-hydrogen) atoms. The first kappa shape index (κ1) is 17.7. The number of halogens is 1. The van der Waals surface area contributed by atoms with E-state index in [1.54, 1.807) is 32.3 Å². The van der Waals surface area contributed by atoms with Gasteiger partial charge in [0.2, 0.25) is 5.96 Å². The van der Waals surface area contributed by atoms with Gasteiger partial charge < -0.3 is 16.4 Å². The van der Waals surface area contributed by atoms with Gasteiger partial charge >= 0.3 is 7.75 Å². The third kappa shape index (κ3) is 4.94. The van der Waals surface area contributed by atoms with E-state index in [0.29, 0.717) is 11.4 Å². The minimum Gasteiger partial charge on any atom is -0.369 e. The molecule has 1 aliphatic heterocycles. The fourth-order valence-corrected chi connectivity index (χ4v) is 3.42. The second kappa shape index (κ2) is 7.31. The molecule has 0 aliphatic carbocycles. The number of nitrogens with two attached hydrogens (primary N) is 2. The van der Waals surface area contributed by atoms with Gasteiger partial charge in [-0.1, -0.05) is 23.7 Å². The quantitative estimate of drug-likeness (QED) is 0.474. The van der Waals surface area contributed by atoms with Gasteiger partial charge in [0.1, 0.15) is 0 Å². The molecule has 10 heteroatoms. The zero-order valence-electron chi connectivity index (χ0n) is 12.8. The fourth-order valence-electron chi connectivity index (χ4n) is 1.87. The van der Waals surface area contributed by atoms with Crippen molar-refractivity contribution in [2.24, 2.45) is 21.2 Å². The fraction of sp³-hybridized carbons (Fsp3) is 0.385. The third-order valence-electron chi connectivity index (χ3n) is 3.03. The molecule has 1 fully saturated rings. The number of aliphatic imine (C=N–C) groups is 1. The zero-order chi connectivity index (χ0) is 17.0. The average molecular weight is 360 g/mol. The molecule has 2 unspecified atom stereocenters. The molecular weight excluding hydrogens is 341 g/mol. The molecule has 0 bridgehead atoms. The summed E-state index contributed by atoms with van der Waals surface area (Å²) >= 11 is 5.97. The molecule has 8 nitrogen and oxygen atoms in total. The van der Waals surface area contributed by atoms with Gasteiger partial charge in [-0.2, -0.15) is 4.99 Å². The summed E-state index contributed by atoms with van der Waals surface area (Å²) < 4.78 is 27.0. The first-order valence-electron chi connectivity index (χ1n) is 6.85. The minimum atomic E-state index is -3.75. The summed E-state index contributed by atoms with van der Waals surface area (Å²) in [6.07, 6.45) is 0.0862. The van der Waals surface area contributed by atoms with Crippen molar-refractivity contribution in [2.45, 2.75) is 12.5 Å². The van der Waals surface area contributed by atoms with Crippen molar-refractivity contribution in [1.29, 1.82) is 0 Å². The highest BCUT2D eigenvalue weighted by atomic mass is 35.5. The van der Waals surface area contributed by atoms with Gasteiger partial charge in [0.25, 0.3) is 0 Å². The van der Waals surface area contributed by atoms with Crippen molar-refractivity contribution in [2.75, 3.05) is 20.7 Å². The molecular formula is C13H19ClN5O3P. The maximum absolute atomic E-state index is 12.6. The lowest BCUT2D eigenvalue weighted by molar-refractivity contribution is 0.0818. The molecule has 0 spiro atoms. The molecule has 2 rings (SSSR count). The Kier molecular flexibility index (Phi) is 5.64. The van der Waals surface area contributed by atoms with Crippen molar-refractivity contribution in [3.63, 3.8) is 0 Å². The van der Waals surface area contributed by atoms with Crippen LogP contribution < -0.4 is 11.5 Å². The number of rotatable bonds is 2. The highest BCUT2D eigenvalue weighted by Crippen LogP contribution is 2.57. The molecule has 1 saturated heterocycles. The van der Waals surface area contributed by atoms with Crippen LogP contribution in [0.15, 0.2) is 34.0 Å². The Morgan fingerprint density at radius 2 is 2.17 bits per heavy atom. The number of guanidine groups is 2. The Labute approximate surface area is 139 Å². The Balaban J connectivity index is 2.19. The highest BCUT2D eigenvalue weighted by molar-refractivity contribution is 7.52. The van der Waals surface area contributed by atoms with Gasteiger partial charge in [-0.15, -0.1) is 4.76 Å². The van der Waals surface area contributed by atoms with Crippen LogP contribution in [0.25, 0.3) is 0 Å². The monoisotopic (exact) mass is 359 g/mol. The van der Waals surface area contributed by atoms with Crippen LogP contribution in [-0.2, 0) is 13.6 Å². The Hall–Kier alpha value is -1.60. The van der Waals surface area contributed by atoms with E-state index in [9.17, 15) is 4.57 Å². The van der Waals surface area contributed by atoms with Gasteiger partial charge in [0.05, 0.1) is 12.7 Å². The lowest BCUT2D eigenvalue weighted by Gasteiger charge is -2.27. The molecule has 1 aliphatic rings. The van der Waals surface area contributed by atoms with Crippen molar-refractivity contribution in [1.82, 2.24) is 4.90 Å². The lowest BCUT2D eigenvalue weighted by Crippen LogP contribution is -2.32. The summed E-state index contributed by atoms with van der Waals surface area (Å²) in [5, 5.41) is 0.568. The van der Waals surface area contributed by atoms with E-state index < -0.39 is 13.9 Å². The molecule has 0 aromatic heterocycles. The summed E-state index contributed by atoms with van der Waals surface area (Å²) in [6.45, 7) is 0.220. The first-order chi connectivity index (χ1) is 10.8. The van der Waals surface area contributed by atoms with E-state index in [2.05, 4.69) is 9.76 Å². The summed E-state index contributed by atoms with van der Waals surface area (Å²) in [5.41, 5.74) is 12.1. The van der Waals surface area contributed by atoms with Gasteiger partial charge in [0, 0.05) is 25.5 Å². The molecule has 1 heterocycles. The summed E-state index contributed by atoms with van der Waals surface area (Å²) in [6, 6.07) is 7.12. The van der Waals surface area contributed by atoms with Crippen molar-refractivity contribution < 1.29 is 13.6 Å². The van der Waals surface area contributed by atoms with Crippen LogP contribution in [0.2, 0.25) is 5.02 Å². The summed E-state index contributed by atoms with van der Waals surface area (Å²) in [7, 11) is -0.371. The Morgan fingerprint density at radius 3 is 2.83 bits per heavy atom. The summed E-state index contributed by atoms with van der Waals surface area (Å²) in [4.78, 5) is 5.36. The second-order valence-corrected chi connectivity index (χ2v) is 7.10. The SMILES string of the molecule is CN(C)C(N)=NC(N)=NP1(=O)OCCC(c2cccc(Cl)c2)O1. The Bertz CT molecular complexity index is 679. The number of benzene rings is 1. The van der Waals surface area contributed by atoms with E-state index in [4.69, 9.17) is 32.1 Å². The smallest absolute Gasteiger partial charge is 0.369 e. The number of hydrogen-bond acceptors (Lipinski definition) is 3. The summed E-state index contributed by atoms with van der Waals surface area (Å²) in [5.74, 6) is -0.146. The van der Waals surface area contributed by atoms with Crippen LogP contribution in [0.3, 0.4) is 0 Å². The second-order valence-electron chi connectivity index (χ2n) is 5.06. The van der Waals surface area contributed by atoms with Crippen molar-refractivity contribution in [3.8, 4) is 0 Å². The van der Waals surface area contributed by atoms with Gasteiger partial charge in [-0.3, -0.25) is 9.05 Å². The van der Waals surface area contributed by atoms with Gasteiger partial charge in [0.15, 0.2) is 5.96 Å². The van der Waals surface area contributed by atoms with Gasteiger partial charge in [-0.25, -0.2) is 4.57 Å². The van der Waals surface area contributed by atoms with Crippen molar-refractivity contribution >= 4 is 31.3 Å². The minimum absolute atomic E-state index is 0.126. The molecule has 4 N–H and O–H groups in total. The topological polar surface area (TPSA) is 116 Å². The zero-order valence-corrected chi connectivity index (χ0v) is 14.5. The predicted octanol–water partition coefficient (Wildman–Crippen LogP) is 2.12. The maximum atomic E-state index is 12.6. The van der Waals surface area contributed by atoms with Crippen LogP contribution >= 0.6 is 19.3 Å². The molecule has 0 saturated carbocycles. The van der Waals surface area contributed by atoms with Crippen LogP contribution in [0, 0.1) is 0 Å². The molecule has 1 aromatic rings. The highest BCUT2D eigenvalue weighted by Gasteiger charge is 2.35. The first-order valence-corrected chi connectivity index (χ1v) is 8.72. The third-order valence-corrected chi connectivity index (χ3v) is 4.74. The lowest BCUT2D eigenvalue weighted by atomic mass is 10.1. The molecule has 1 aromatic carbocycles. The molecule has 126 valence electrons. The largest absolute Gasteiger partial charge is 0.457 e. The normalized spacial score (nSPS) is 26.1. The molecule has 2 atom stereocenters. The van der Waals surface area contributed by atoms with E-state index in [0.717, 1.165) is 5.56 Å². The van der Waals surface area contributed by atoms with Crippen LogP contribution in [-0.4, -0.2) is 37.5 Å².